The number of methoxy groups -OCH3 is 1. The van der Waals surface area contributed by atoms with Crippen molar-refractivity contribution in [3.8, 4) is 5.75 Å². The molecule has 1 amide bonds. The van der Waals surface area contributed by atoms with Crippen LogP contribution in [0.1, 0.15) is 38.4 Å². The van der Waals surface area contributed by atoms with Crippen LogP contribution in [-0.4, -0.2) is 30.0 Å². The van der Waals surface area contributed by atoms with Gasteiger partial charge in [-0.05, 0) is 24.8 Å². The van der Waals surface area contributed by atoms with E-state index in [1.54, 1.807) is 7.11 Å². The number of hydrogen-bond acceptors (Lipinski definition) is 3. The molecule has 108 valence electrons. The number of hydrogen-bond donors (Lipinski definition) is 1. The van der Waals surface area contributed by atoms with E-state index >= 15 is 0 Å². The predicted molar refractivity (Wildman–Crippen MR) is 77.4 cm³/mol. The van der Waals surface area contributed by atoms with Gasteiger partial charge >= 0.3 is 0 Å². The van der Waals surface area contributed by atoms with Crippen LogP contribution in [0.2, 0.25) is 0 Å². The Kier molecular flexibility index (Phi) is 3.21. The third-order valence-electron chi connectivity index (χ3n) is 4.14. The molecule has 0 radical (unpaired) electrons. The molecule has 1 saturated carbocycles. The maximum absolute atomic E-state index is 12.6. The van der Waals surface area contributed by atoms with E-state index in [-0.39, 0.29) is 17.6 Å². The Labute approximate surface area is 120 Å². The van der Waals surface area contributed by atoms with Crippen molar-refractivity contribution in [1.29, 1.82) is 0 Å². The summed E-state index contributed by atoms with van der Waals surface area (Å²) in [5, 5.41) is 3.53. The highest BCUT2D eigenvalue weighted by atomic mass is 16.5. The molecule has 1 heterocycles. The molecule has 2 fully saturated rings. The second-order valence-corrected chi connectivity index (χ2v) is 6.22. The molecular formula is C16H22N2O2. The van der Waals surface area contributed by atoms with E-state index in [0.717, 1.165) is 30.7 Å². The molecule has 1 aromatic carbocycles. The van der Waals surface area contributed by atoms with Gasteiger partial charge in [0.15, 0.2) is 0 Å². The van der Waals surface area contributed by atoms with Crippen LogP contribution < -0.4 is 10.1 Å². The number of nitrogens with zero attached hydrogens (tertiary/aromatic N) is 1. The van der Waals surface area contributed by atoms with Crippen molar-refractivity contribution in [3.63, 3.8) is 0 Å². The summed E-state index contributed by atoms with van der Waals surface area (Å²) in [7, 11) is 1.68. The Morgan fingerprint density at radius 2 is 2.10 bits per heavy atom. The third-order valence-corrected chi connectivity index (χ3v) is 4.14. The lowest BCUT2D eigenvalue weighted by atomic mass is 10.1. The summed E-state index contributed by atoms with van der Waals surface area (Å²) in [6.07, 6.45) is 1.83. The standard InChI is InChI=1S/C16H22N2O2/c1-11(2)10-18-14(17-16(8-9-16)15(18)19)12-6-4-5-7-13(12)20-3/h4-7,11,14,17H,8-10H2,1-3H3. The second kappa shape index (κ2) is 4.77. The number of nitrogens with one attached hydrogen (secondary N) is 1. The summed E-state index contributed by atoms with van der Waals surface area (Å²) >= 11 is 0. The molecule has 1 N–H and O–H groups in total. The van der Waals surface area contributed by atoms with Crippen LogP contribution >= 0.6 is 0 Å². The first-order valence-electron chi connectivity index (χ1n) is 7.29. The second-order valence-electron chi connectivity index (χ2n) is 6.22. The molecule has 2 aliphatic rings. The van der Waals surface area contributed by atoms with Crippen LogP contribution in [0, 0.1) is 5.92 Å². The molecule has 1 aromatic rings. The fraction of sp³-hybridized carbons (Fsp3) is 0.562. The molecule has 4 heteroatoms. The van der Waals surface area contributed by atoms with Crippen LogP contribution in [0.25, 0.3) is 0 Å². The van der Waals surface area contributed by atoms with Gasteiger partial charge in [0, 0.05) is 12.1 Å². The molecule has 0 bridgehead atoms. The summed E-state index contributed by atoms with van der Waals surface area (Å²) in [5.41, 5.74) is 0.758. The molecule has 1 unspecified atom stereocenters. The number of rotatable bonds is 4. The lowest BCUT2D eigenvalue weighted by Crippen LogP contribution is -2.34. The van der Waals surface area contributed by atoms with Gasteiger partial charge in [-0.15, -0.1) is 0 Å². The summed E-state index contributed by atoms with van der Waals surface area (Å²) in [4.78, 5) is 14.6. The highest BCUT2D eigenvalue weighted by Gasteiger charge is 2.59. The zero-order valence-corrected chi connectivity index (χ0v) is 12.3. The molecule has 4 nitrogen and oxygen atoms in total. The highest BCUT2D eigenvalue weighted by molar-refractivity contribution is 5.92. The van der Waals surface area contributed by atoms with E-state index < -0.39 is 0 Å². The van der Waals surface area contributed by atoms with Crippen LogP contribution in [0.4, 0.5) is 0 Å². The van der Waals surface area contributed by atoms with E-state index in [4.69, 9.17) is 4.74 Å². The van der Waals surface area contributed by atoms with Crippen LogP contribution in [-0.2, 0) is 4.79 Å². The molecule has 0 aromatic heterocycles. The van der Waals surface area contributed by atoms with Gasteiger partial charge in [-0.25, -0.2) is 0 Å². The van der Waals surface area contributed by atoms with Gasteiger partial charge in [-0.3, -0.25) is 10.1 Å². The first kappa shape index (κ1) is 13.4. The monoisotopic (exact) mass is 274 g/mol. The third kappa shape index (κ3) is 2.08. The summed E-state index contributed by atoms with van der Waals surface area (Å²) < 4.78 is 5.46. The van der Waals surface area contributed by atoms with E-state index in [9.17, 15) is 4.79 Å². The van der Waals surface area contributed by atoms with E-state index in [1.165, 1.54) is 0 Å². The fourth-order valence-electron chi connectivity index (χ4n) is 3.00. The van der Waals surface area contributed by atoms with Gasteiger partial charge in [0.1, 0.15) is 17.5 Å². The smallest absolute Gasteiger partial charge is 0.244 e. The van der Waals surface area contributed by atoms with E-state index in [2.05, 4.69) is 19.2 Å². The minimum Gasteiger partial charge on any atom is -0.496 e. The maximum atomic E-state index is 12.6. The van der Waals surface area contributed by atoms with Gasteiger partial charge in [0.05, 0.1) is 7.11 Å². The predicted octanol–water partition coefficient (Wildman–Crippen LogP) is 2.31. The number of carbonyl (C=O) groups excluding carboxylic acids is 1. The van der Waals surface area contributed by atoms with E-state index in [0.29, 0.717) is 5.92 Å². The fourth-order valence-corrected chi connectivity index (χ4v) is 3.00. The summed E-state index contributed by atoms with van der Waals surface area (Å²) in [6, 6.07) is 7.94. The van der Waals surface area contributed by atoms with Crippen molar-refractivity contribution >= 4 is 5.91 Å². The topological polar surface area (TPSA) is 41.6 Å². The Balaban J connectivity index is 1.95. The van der Waals surface area contributed by atoms with Crippen LogP contribution in [0.15, 0.2) is 24.3 Å². The normalized spacial score (nSPS) is 23.7. The van der Waals surface area contributed by atoms with Gasteiger partial charge in [-0.1, -0.05) is 32.0 Å². The van der Waals surface area contributed by atoms with Crippen molar-refractivity contribution in [3.05, 3.63) is 29.8 Å². The molecular weight excluding hydrogens is 252 g/mol. The van der Waals surface area contributed by atoms with Gasteiger partial charge in [0.2, 0.25) is 5.91 Å². The molecule has 20 heavy (non-hydrogen) atoms. The maximum Gasteiger partial charge on any atom is 0.244 e. The Bertz CT molecular complexity index is 523. The van der Waals surface area contributed by atoms with Crippen molar-refractivity contribution < 1.29 is 9.53 Å². The lowest BCUT2D eigenvalue weighted by Gasteiger charge is -2.27. The van der Waals surface area contributed by atoms with Crippen molar-refractivity contribution in [1.82, 2.24) is 10.2 Å². The zero-order valence-electron chi connectivity index (χ0n) is 12.3. The van der Waals surface area contributed by atoms with E-state index in [1.807, 2.05) is 29.2 Å². The van der Waals surface area contributed by atoms with Gasteiger partial charge in [-0.2, -0.15) is 0 Å². The SMILES string of the molecule is COc1ccccc1C1NC2(CC2)C(=O)N1CC(C)C. The average molecular weight is 274 g/mol. The molecule has 1 aliphatic heterocycles. The van der Waals surface area contributed by atoms with Crippen LogP contribution in [0.3, 0.4) is 0 Å². The lowest BCUT2D eigenvalue weighted by molar-refractivity contribution is -0.131. The zero-order chi connectivity index (χ0) is 14.3. The van der Waals surface area contributed by atoms with Crippen molar-refractivity contribution in [2.45, 2.75) is 38.4 Å². The summed E-state index contributed by atoms with van der Waals surface area (Å²) in [5.74, 6) is 1.54. The molecule has 3 rings (SSSR count). The van der Waals surface area contributed by atoms with Crippen LogP contribution in [0.5, 0.6) is 5.75 Å². The Morgan fingerprint density at radius 3 is 2.70 bits per heavy atom. The molecule has 1 atom stereocenters. The van der Waals surface area contributed by atoms with Gasteiger partial charge < -0.3 is 9.64 Å². The van der Waals surface area contributed by atoms with Crippen molar-refractivity contribution in [2.75, 3.05) is 13.7 Å². The Morgan fingerprint density at radius 1 is 1.40 bits per heavy atom. The minimum absolute atomic E-state index is 0.0662. The number of para-hydroxylation sites is 1. The highest BCUT2D eigenvalue weighted by Crippen LogP contribution is 2.47. The van der Waals surface area contributed by atoms with Crippen molar-refractivity contribution in [2.24, 2.45) is 5.92 Å². The quantitative estimate of drug-likeness (QED) is 0.916. The molecule has 1 spiro atoms. The first-order valence-corrected chi connectivity index (χ1v) is 7.29. The number of benzene rings is 1. The Hall–Kier alpha value is -1.55. The number of carbonyl (C=O) groups is 1. The first-order chi connectivity index (χ1) is 9.57. The average Bonchev–Trinajstić information content (AvgIpc) is 3.17. The number of ether oxygens (including phenoxy) is 1. The molecule has 1 aliphatic carbocycles. The summed E-state index contributed by atoms with van der Waals surface area (Å²) in [6.45, 7) is 5.06. The largest absolute Gasteiger partial charge is 0.496 e. The minimum atomic E-state index is -0.291. The number of amides is 1. The molecule has 1 saturated heterocycles. The van der Waals surface area contributed by atoms with Gasteiger partial charge in [0.25, 0.3) is 0 Å².